The Morgan fingerprint density at radius 3 is 2.23 bits per heavy atom. The van der Waals surface area contributed by atoms with E-state index in [2.05, 4.69) is 0 Å². The van der Waals surface area contributed by atoms with Crippen molar-refractivity contribution in [2.45, 2.75) is 32.6 Å². The van der Waals surface area contributed by atoms with E-state index in [0.717, 1.165) is 24.2 Å². The van der Waals surface area contributed by atoms with E-state index in [0.29, 0.717) is 0 Å². The minimum Gasteiger partial charge on any atom is -0.497 e. The Morgan fingerprint density at radius 1 is 1.09 bits per heavy atom. The first-order chi connectivity index (χ1) is 10.5. The molecule has 120 valence electrons. The van der Waals surface area contributed by atoms with Crippen molar-refractivity contribution in [1.82, 2.24) is 0 Å². The fraction of sp³-hybridized carbons (Fsp3) is 0.556. The number of ketones is 1. The van der Waals surface area contributed by atoms with E-state index >= 15 is 0 Å². The molecular weight excluding hydrogens is 280 g/mol. The second-order valence-corrected chi connectivity index (χ2v) is 6.08. The average molecular weight is 304 g/mol. The molecular formula is C18H24O4. The van der Waals surface area contributed by atoms with Gasteiger partial charge in [-0.3, -0.25) is 9.59 Å². The lowest BCUT2D eigenvalue weighted by molar-refractivity contribution is -0.150. The SMILES string of the molecule is COC(=O)[C@@H]1CC[C@H](c2ccc(OC)cc2)[C@H](C(C)=O)[C@H]1C. The van der Waals surface area contributed by atoms with Crippen molar-refractivity contribution in [2.24, 2.45) is 17.8 Å². The maximum absolute atomic E-state index is 12.2. The van der Waals surface area contributed by atoms with Crippen LogP contribution in [0.15, 0.2) is 24.3 Å². The molecule has 1 aromatic rings. The summed E-state index contributed by atoms with van der Waals surface area (Å²) in [6.45, 7) is 3.61. The minimum atomic E-state index is -0.202. The van der Waals surface area contributed by atoms with Gasteiger partial charge in [0, 0.05) is 5.92 Å². The summed E-state index contributed by atoms with van der Waals surface area (Å²) in [6.07, 6.45) is 1.58. The highest BCUT2D eigenvalue weighted by molar-refractivity contribution is 5.82. The van der Waals surface area contributed by atoms with Gasteiger partial charge < -0.3 is 9.47 Å². The Balaban J connectivity index is 2.27. The first-order valence-electron chi connectivity index (χ1n) is 7.71. The van der Waals surface area contributed by atoms with E-state index in [1.807, 2.05) is 31.2 Å². The van der Waals surface area contributed by atoms with Gasteiger partial charge in [0.1, 0.15) is 11.5 Å². The number of hydrogen-bond acceptors (Lipinski definition) is 4. The molecule has 0 radical (unpaired) electrons. The van der Waals surface area contributed by atoms with Gasteiger partial charge in [0.05, 0.1) is 20.1 Å². The van der Waals surface area contributed by atoms with Gasteiger partial charge in [0.15, 0.2) is 0 Å². The Morgan fingerprint density at radius 2 is 1.73 bits per heavy atom. The summed E-state index contributed by atoms with van der Waals surface area (Å²) >= 11 is 0. The lowest BCUT2D eigenvalue weighted by Gasteiger charge is -2.39. The highest BCUT2D eigenvalue weighted by Crippen LogP contribution is 2.45. The van der Waals surface area contributed by atoms with E-state index in [1.165, 1.54) is 7.11 Å². The van der Waals surface area contributed by atoms with Crippen LogP contribution in [0.4, 0.5) is 0 Å². The Kier molecular flexibility index (Phi) is 5.22. The summed E-state index contributed by atoms with van der Waals surface area (Å²) in [4.78, 5) is 24.1. The lowest BCUT2D eigenvalue weighted by Crippen LogP contribution is -2.39. The molecule has 1 saturated carbocycles. The molecule has 1 aromatic carbocycles. The van der Waals surface area contributed by atoms with Crippen molar-refractivity contribution in [3.05, 3.63) is 29.8 Å². The molecule has 0 N–H and O–H groups in total. The van der Waals surface area contributed by atoms with Crippen molar-refractivity contribution in [2.75, 3.05) is 14.2 Å². The van der Waals surface area contributed by atoms with Gasteiger partial charge in [-0.2, -0.15) is 0 Å². The van der Waals surface area contributed by atoms with Gasteiger partial charge in [0.2, 0.25) is 0 Å². The van der Waals surface area contributed by atoms with Crippen LogP contribution in [0.2, 0.25) is 0 Å². The zero-order valence-electron chi connectivity index (χ0n) is 13.7. The van der Waals surface area contributed by atoms with Crippen LogP contribution in [0.3, 0.4) is 0 Å². The average Bonchev–Trinajstić information content (AvgIpc) is 2.53. The predicted octanol–water partition coefficient (Wildman–Crippen LogP) is 3.20. The number of carbonyl (C=O) groups excluding carboxylic acids is 2. The smallest absolute Gasteiger partial charge is 0.308 e. The van der Waals surface area contributed by atoms with Crippen LogP contribution in [-0.4, -0.2) is 26.0 Å². The highest BCUT2D eigenvalue weighted by Gasteiger charge is 2.43. The molecule has 1 fully saturated rings. The van der Waals surface area contributed by atoms with Crippen LogP contribution in [-0.2, 0) is 14.3 Å². The summed E-state index contributed by atoms with van der Waals surface area (Å²) in [5.74, 6) is 0.554. The first kappa shape index (κ1) is 16.5. The number of rotatable bonds is 4. The topological polar surface area (TPSA) is 52.6 Å². The molecule has 0 spiro atoms. The van der Waals surface area contributed by atoms with Crippen molar-refractivity contribution in [3.63, 3.8) is 0 Å². The predicted molar refractivity (Wildman–Crippen MR) is 83.8 cm³/mol. The third-order valence-corrected chi connectivity index (χ3v) is 4.94. The summed E-state index contributed by atoms with van der Waals surface area (Å²) in [5, 5.41) is 0. The Bertz CT molecular complexity index is 535. The van der Waals surface area contributed by atoms with Gasteiger partial charge in [-0.15, -0.1) is 0 Å². The van der Waals surface area contributed by atoms with Crippen LogP contribution < -0.4 is 4.74 Å². The number of methoxy groups -OCH3 is 2. The number of Topliss-reactive ketones (excluding diaryl/α,β-unsaturated/α-hetero) is 1. The number of ether oxygens (including phenoxy) is 2. The largest absolute Gasteiger partial charge is 0.497 e. The molecule has 1 aliphatic rings. The molecule has 0 amide bonds. The molecule has 22 heavy (non-hydrogen) atoms. The Hall–Kier alpha value is -1.84. The minimum absolute atomic E-state index is 0.00852. The van der Waals surface area contributed by atoms with E-state index in [4.69, 9.17) is 9.47 Å². The van der Waals surface area contributed by atoms with Crippen molar-refractivity contribution >= 4 is 11.8 Å². The lowest BCUT2D eigenvalue weighted by atomic mass is 9.64. The molecule has 0 unspecified atom stereocenters. The second-order valence-electron chi connectivity index (χ2n) is 6.08. The normalized spacial score (nSPS) is 28.0. The molecule has 0 bridgehead atoms. The maximum atomic E-state index is 12.2. The van der Waals surface area contributed by atoms with E-state index in [1.54, 1.807) is 14.0 Å². The van der Waals surface area contributed by atoms with Crippen molar-refractivity contribution in [1.29, 1.82) is 0 Å². The van der Waals surface area contributed by atoms with Crippen LogP contribution in [0.25, 0.3) is 0 Å². The number of hydrogen-bond donors (Lipinski definition) is 0. The second kappa shape index (κ2) is 6.95. The number of carbonyl (C=O) groups is 2. The molecule has 0 aliphatic heterocycles. The van der Waals surface area contributed by atoms with Gasteiger partial charge in [-0.1, -0.05) is 19.1 Å². The van der Waals surface area contributed by atoms with E-state index < -0.39 is 0 Å². The summed E-state index contributed by atoms with van der Waals surface area (Å²) < 4.78 is 10.1. The number of benzene rings is 1. The van der Waals surface area contributed by atoms with E-state index in [9.17, 15) is 9.59 Å². The first-order valence-corrected chi connectivity index (χ1v) is 7.71. The summed E-state index contributed by atoms with van der Waals surface area (Å²) in [5.41, 5.74) is 1.14. The quantitative estimate of drug-likeness (QED) is 0.802. The monoisotopic (exact) mass is 304 g/mol. The zero-order chi connectivity index (χ0) is 16.3. The van der Waals surface area contributed by atoms with Crippen LogP contribution in [0, 0.1) is 17.8 Å². The van der Waals surface area contributed by atoms with Crippen molar-refractivity contribution < 1.29 is 19.1 Å². The molecule has 4 atom stereocenters. The maximum Gasteiger partial charge on any atom is 0.308 e. The third kappa shape index (κ3) is 3.16. The van der Waals surface area contributed by atoms with Gasteiger partial charge in [-0.05, 0) is 49.3 Å². The number of esters is 1. The van der Waals surface area contributed by atoms with Crippen molar-refractivity contribution in [3.8, 4) is 5.75 Å². The standard InChI is InChI=1S/C18H24O4/c1-11-15(18(20)22-4)9-10-16(17(11)12(2)19)13-5-7-14(21-3)8-6-13/h5-8,11,15-17H,9-10H2,1-4H3/t11-,15+,16+,17-/m0/s1. The Labute approximate surface area is 131 Å². The molecule has 4 heteroatoms. The van der Waals surface area contributed by atoms with Crippen LogP contribution >= 0.6 is 0 Å². The zero-order valence-corrected chi connectivity index (χ0v) is 13.7. The molecule has 0 heterocycles. The van der Waals surface area contributed by atoms with Gasteiger partial charge >= 0.3 is 5.97 Å². The summed E-state index contributed by atoms with van der Waals surface area (Å²) in [7, 11) is 3.05. The fourth-order valence-electron chi connectivity index (χ4n) is 3.78. The summed E-state index contributed by atoms with van der Waals surface area (Å²) in [6, 6.07) is 7.88. The molecule has 0 aromatic heterocycles. The fourth-order valence-corrected chi connectivity index (χ4v) is 3.78. The highest BCUT2D eigenvalue weighted by atomic mass is 16.5. The van der Waals surface area contributed by atoms with Crippen LogP contribution in [0.5, 0.6) is 5.75 Å². The molecule has 2 rings (SSSR count). The molecule has 4 nitrogen and oxygen atoms in total. The van der Waals surface area contributed by atoms with Crippen LogP contribution in [0.1, 0.15) is 38.2 Å². The molecule has 0 saturated heterocycles. The van der Waals surface area contributed by atoms with Gasteiger partial charge in [-0.25, -0.2) is 0 Å². The van der Waals surface area contributed by atoms with Gasteiger partial charge in [0.25, 0.3) is 0 Å². The third-order valence-electron chi connectivity index (χ3n) is 4.94. The molecule has 1 aliphatic carbocycles. The van der Waals surface area contributed by atoms with E-state index in [-0.39, 0.29) is 35.4 Å².